The lowest BCUT2D eigenvalue weighted by Crippen LogP contribution is -2.07. The van der Waals surface area contributed by atoms with E-state index in [-0.39, 0.29) is 0 Å². The normalized spacial score (nSPS) is 10.8. The lowest BCUT2D eigenvalue weighted by Gasteiger charge is -2.09. The smallest absolute Gasteiger partial charge is 0.130 e. The van der Waals surface area contributed by atoms with Gasteiger partial charge in [-0.05, 0) is 51.4 Å². The van der Waals surface area contributed by atoms with Gasteiger partial charge >= 0.3 is 0 Å². The van der Waals surface area contributed by atoms with E-state index in [4.69, 9.17) is 0 Å². The van der Waals surface area contributed by atoms with Crippen LogP contribution < -0.4 is 5.32 Å². The molecule has 21 heavy (non-hydrogen) atoms. The first kappa shape index (κ1) is 14.7. The summed E-state index contributed by atoms with van der Waals surface area (Å²) in [4.78, 5) is 8.30. The van der Waals surface area contributed by atoms with Crippen LogP contribution in [-0.2, 0) is 6.42 Å². The van der Waals surface area contributed by atoms with E-state index >= 15 is 0 Å². The number of anilines is 1. The van der Waals surface area contributed by atoms with Crippen molar-refractivity contribution in [3.05, 3.63) is 62.5 Å². The predicted molar refractivity (Wildman–Crippen MR) is 98.6 cm³/mol. The minimum atomic E-state index is 0.846. The molecule has 0 aliphatic rings. The van der Waals surface area contributed by atoms with Crippen molar-refractivity contribution in [1.82, 2.24) is 9.97 Å². The van der Waals surface area contributed by atoms with Gasteiger partial charge in [-0.25, -0.2) is 9.97 Å². The fourth-order valence-electron chi connectivity index (χ4n) is 2.30. The van der Waals surface area contributed by atoms with E-state index in [0.717, 1.165) is 27.0 Å². The molecular weight excluding hydrogens is 441 g/mol. The number of nitrogens with one attached hydrogen (secondary N) is 1. The van der Waals surface area contributed by atoms with Crippen LogP contribution in [0.2, 0.25) is 0 Å². The average molecular weight is 454 g/mol. The Morgan fingerprint density at radius 2 is 1.86 bits per heavy atom. The molecular formula is C16H13BrIN3. The van der Waals surface area contributed by atoms with Gasteiger partial charge in [0.15, 0.2) is 0 Å². The summed E-state index contributed by atoms with van der Waals surface area (Å²) in [6.45, 7) is 0.846. The van der Waals surface area contributed by atoms with E-state index in [1.165, 1.54) is 16.3 Å². The van der Waals surface area contributed by atoms with Crippen LogP contribution in [0.3, 0.4) is 0 Å². The van der Waals surface area contributed by atoms with Gasteiger partial charge in [-0.1, -0.05) is 46.3 Å². The van der Waals surface area contributed by atoms with Crippen molar-refractivity contribution in [2.75, 3.05) is 11.9 Å². The van der Waals surface area contributed by atoms with Gasteiger partial charge in [-0.15, -0.1) is 0 Å². The van der Waals surface area contributed by atoms with Gasteiger partial charge in [0.25, 0.3) is 0 Å². The zero-order valence-corrected chi connectivity index (χ0v) is 14.9. The van der Waals surface area contributed by atoms with Crippen LogP contribution in [0.15, 0.2) is 53.3 Å². The summed E-state index contributed by atoms with van der Waals surface area (Å²) in [5, 5.41) is 5.90. The number of aromatic nitrogens is 2. The third kappa shape index (κ3) is 3.52. The lowest BCUT2D eigenvalue weighted by molar-refractivity contribution is 1.00. The second kappa shape index (κ2) is 6.70. The molecule has 0 fully saturated rings. The zero-order chi connectivity index (χ0) is 14.7. The second-order valence-corrected chi connectivity index (χ2v) is 6.61. The Kier molecular flexibility index (Phi) is 4.70. The molecule has 2 aromatic carbocycles. The summed E-state index contributed by atoms with van der Waals surface area (Å²) in [6.07, 6.45) is 2.54. The summed E-state index contributed by atoms with van der Waals surface area (Å²) in [6, 6.07) is 14.7. The van der Waals surface area contributed by atoms with Gasteiger partial charge in [0.1, 0.15) is 15.8 Å². The van der Waals surface area contributed by atoms with Crippen LogP contribution in [0.5, 0.6) is 0 Å². The minimum absolute atomic E-state index is 0.846. The highest BCUT2D eigenvalue weighted by Gasteiger charge is 2.04. The first-order chi connectivity index (χ1) is 10.2. The Hall–Kier alpha value is -1.21. The van der Waals surface area contributed by atoms with Gasteiger partial charge < -0.3 is 5.32 Å². The Balaban J connectivity index is 1.75. The maximum atomic E-state index is 4.21. The van der Waals surface area contributed by atoms with E-state index in [1.807, 2.05) is 6.07 Å². The molecule has 5 heteroatoms. The molecule has 0 unspecified atom stereocenters. The number of halogens is 2. The van der Waals surface area contributed by atoms with Crippen molar-refractivity contribution in [3.63, 3.8) is 0 Å². The van der Waals surface area contributed by atoms with Gasteiger partial charge in [-0.2, -0.15) is 0 Å². The number of rotatable bonds is 4. The molecule has 0 saturated heterocycles. The Bertz CT molecular complexity index is 776. The van der Waals surface area contributed by atoms with E-state index < -0.39 is 0 Å². The molecule has 106 valence electrons. The fraction of sp³-hybridized carbons (Fsp3) is 0.125. The van der Waals surface area contributed by atoms with Crippen molar-refractivity contribution in [2.24, 2.45) is 0 Å². The zero-order valence-electron chi connectivity index (χ0n) is 11.2. The summed E-state index contributed by atoms with van der Waals surface area (Å²) < 4.78 is 2.08. The van der Waals surface area contributed by atoms with Crippen LogP contribution in [0.25, 0.3) is 10.8 Å². The number of hydrogen-bond donors (Lipinski definition) is 1. The molecule has 0 aliphatic heterocycles. The van der Waals surface area contributed by atoms with E-state index in [9.17, 15) is 0 Å². The molecule has 0 amide bonds. The number of benzene rings is 2. The van der Waals surface area contributed by atoms with Crippen molar-refractivity contribution >= 4 is 55.1 Å². The quantitative estimate of drug-likeness (QED) is 0.461. The first-order valence-corrected chi connectivity index (χ1v) is 8.49. The van der Waals surface area contributed by atoms with Gasteiger partial charge in [-0.3, -0.25) is 0 Å². The largest absolute Gasteiger partial charge is 0.370 e. The molecule has 0 saturated carbocycles. The Morgan fingerprint density at radius 3 is 2.67 bits per heavy atom. The fourth-order valence-corrected chi connectivity index (χ4v) is 3.20. The highest BCUT2D eigenvalue weighted by Crippen LogP contribution is 2.27. The molecule has 0 atom stereocenters. The SMILES string of the molecule is Brc1ccc(CCNc2cc(I)ncn2)c2ccccc12. The van der Waals surface area contributed by atoms with E-state index in [1.54, 1.807) is 6.33 Å². The van der Waals surface area contributed by atoms with Crippen LogP contribution in [-0.4, -0.2) is 16.5 Å². The first-order valence-electron chi connectivity index (χ1n) is 6.61. The van der Waals surface area contributed by atoms with E-state index in [0.29, 0.717) is 0 Å². The topological polar surface area (TPSA) is 37.8 Å². The lowest BCUT2D eigenvalue weighted by atomic mass is 10.0. The summed E-state index contributed by atoms with van der Waals surface area (Å²) in [7, 11) is 0. The summed E-state index contributed by atoms with van der Waals surface area (Å²) in [5.41, 5.74) is 1.34. The summed E-state index contributed by atoms with van der Waals surface area (Å²) in [5.74, 6) is 0.871. The van der Waals surface area contributed by atoms with Crippen LogP contribution in [0.1, 0.15) is 5.56 Å². The predicted octanol–water partition coefficient (Wildman–Crippen LogP) is 4.65. The molecule has 0 radical (unpaired) electrons. The van der Waals surface area contributed by atoms with Crippen molar-refractivity contribution in [3.8, 4) is 0 Å². The van der Waals surface area contributed by atoms with Crippen LogP contribution in [0, 0.1) is 3.70 Å². The second-order valence-electron chi connectivity index (χ2n) is 4.65. The van der Waals surface area contributed by atoms with Crippen molar-refractivity contribution in [1.29, 1.82) is 0 Å². The van der Waals surface area contributed by atoms with E-state index in [2.05, 4.69) is 90.2 Å². The summed E-state index contributed by atoms with van der Waals surface area (Å²) >= 11 is 5.80. The van der Waals surface area contributed by atoms with Crippen LogP contribution in [0.4, 0.5) is 5.82 Å². The maximum absolute atomic E-state index is 4.21. The molecule has 0 aliphatic carbocycles. The van der Waals surface area contributed by atoms with Crippen molar-refractivity contribution < 1.29 is 0 Å². The monoisotopic (exact) mass is 453 g/mol. The minimum Gasteiger partial charge on any atom is -0.370 e. The molecule has 3 aromatic rings. The number of nitrogens with zero attached hydrogens (tertiary/aromatic N) is 2. The number of fused-ring (bicyclic) bond motifs is 1. The molecule has 3 rings (SSSR count). The molecule has 1 N–H and O–H groups in total. The molecule has 1 aromatic heterocycles. The average Bonchev–Trinajstić information content (AvgIpc) is 2.50. The molecule has 3 nitrogen and oxygen atoms in total. The van der Waals surface area contributed by atoms with Gasteiger partial charge in [0.2, 0.25) is 0 Å². The van der Waals surface area contributed by atoms with Gasteiger partial charge in [0.05, 0.1) is 0 Å². The Labute approximate surface area is 145 Å². The number of hydrogen-bond acceptors (Lipinski definition) is 3. The third-order valence-corrected chi connectivity index (χ3v) is 4.58. The maximum Gasteiger partial charge on any atom is 0.130 e. The third-order valence-electron chi connectivity index (χ3n) is 3.30. The molecule has 1 heterocycles. The van der Waals surface area contributed by atoms with Crippen LogP contribution >= 0.6 is 38.5 Å². The van der Waals surface area contributed by atoms with Gasteiger partial charge in [0, 0.05) is 17.1 Å². The Morgan fingerprint density at radius 1 is 1.05 bits per heavy atom. The standard InChI is InChI=1S/C16H13BrIN3/c17-14-6-5-11(12-3-1-2-4-13(12)14)7-8-19-16-9-15(18)20-10-21-16/h1-6,9-10H,7-8H2,(H,19,20,21). The highest BCUT2D eigenvalue weighted by molar-refractivity contribution is 14.1. The highest BCUT2D eigenvalue weighted by atomic mass is 127. The molecule has 0 spiro atoms. The molecule has 0 bridgehead atoms. The van der Waals surface area contributed by atoms with Crippen molar-refractivity contribution in [2.45, 2.75) is 6.42 Å².